The Morgan fingerprint density at radius 1 is 1.13 bits per heavy atom. The van der Waals surface area contributed by atoms with Gasteiger partial charge in [0.05, 0.1) is 0 Å². The summed E-state index contributed by atoms with van der Waals surface area (Å²) in [7, 11) is 0. The van der Waals surface area contributed by atoms with Crippen LogP contribution in [-0.4, -0.2) is 37.6 Å². The lowest BCUT2D eigenvalue weighted by molar-refractivity contribution is 0.258. The van der Waals surface area contributed by atoms with E-state index in [4.69, 9.17) is 0 Å². The van der Waals surface area contributed by atoms with Gasteiger partial charge >= 0.3 is 0 Å². The molecule has 0 aliphatic carbocycles. The van der Waals surface area contributed by atoms with Gasteiger partial charge in [-0.05, 0) is 31.2 Å². The van der Waals surface area contributed by atoms with E-state index >= 15 is 0 Å². The highest BCUT2D eigenvalue weighted by molar-refractivity contribution is 5.46. The van der Waals surface area contributed by atoms with Crippen molar-refractivity contribution in [3.05, 3.63) is 30.3 Å². The highest BCUT2D eigenvalue weighted by atomic mass is 15.3. The number of hydrogen-bond donors (Lipinski definition) is 0. The fourth-order valence-electron chi connectivity index (χ4n) is 2.13. The fourth-order valence-corrected chi connectivity index (χ4v) is 2.13. The van der Waals surface area contributed by atoms with E-state index in [2.05, 4.69) is 34.9 Å². The molecule has 0 saturated carbocycles. The molecule has 0 amide bonds. The van der Waals surface area contributed by atoms with Gasteiger partial charge in [0.25, 0.3) is 0 Å². The molecule has 1 heterocycles. The number of piperazine rings is 1. The first-order valence-electron chi connectivity index (χ1n) is 5.83. The molecule has 2 rings (SSSR count). The Hall–Kier alpha value is -1.02. The van der Waals surface area contributed by atoms with E-state index in [1.807, 2.05) is 12.1 Å². The minimum absolute atomic E-state index is 1.16. The zero-order valence-corrected chi connectivity index (χ0v) is 9.45. The standard InChI is InChI=1S/C13H19N2/c1-2-8-14-9-11-15(12-10-14)13-6-4-3-5-7-13/h4-7H,2,8-12H2,1H3. The Morgan fingerprint density at radius 2 is 1.80 bits per heavy atom. The molecule has 1 aromatic rings. The van der Waals surface area contributed by atoms with Crippen molar-refractivity contribution in [1.29, 1.82) is 0 Å². The number of hydrogen-bond acceptors (Lipinski definition) is 2. The number of anilines is 1. The van der Waals surface area contributed by atoms with Crippen molar-refractivity contribution < 1.29 is 0 Å². The van der Waals surface area contributed by atoms with E-state index in [0.717, 1.165) is 13.1 Å². The molecule has 81 valence electrons. The summed E-state index contributed by atoms with van der Waals surface area (Å²) >= 11 is 0. The molecule has 0 bridgehead atoms. The van der Waals surface area contributed by atoms with E-state index in [1.54, 1.807) is 0 Å². The van der Waals surface area contributed by atoms with Crippen molar-refractivity contribution in [3.8, 4) is 0 Å². The molecule has 1 aliphatic heterocycles. The van der Waals surface area contributed by atoms with Gasteiger partial charge in [0.1, 0.15) is 0 Å². The molecule has 1 aliphatic rings. The molecule has 0 atom stereocenters. The van der Waals surface area contributed by atoms with Gasteiger partial charge in [-0.2, -0.15) is 0 Å². The summed E-state index contributed by atoms with van der Waals surface area (Å²) in [6.45, 7) is 8.21. The van der Waals surface area contributed by atoms with Gasteiger partial charge in [0.15, 0.2) is 0 Å². The van der Waals surface area contributed by atoms with Crippen LogP contribution in [0.25, 0.3) is 0 Å². The minimum Gasteiger partial charge on any atom is -0.369 e. The summed E-state index contributed by atoms with van der Waals surface area (Å²) in [5.74, 6) is 0. The monoisotopic (exact) mass is 203 g/mol. The molecule has 2 heteroatoms. The molecule has 15 heavy (non-hydrogen) atoms. The fraction of sp³-hybridized carbons (Fsp3) is 0.538. The average molecular weight is 203 g/mol. The Morgan fingerprint density at radius 3 is 2.40 bits per heavy atom. The molecule has 0 spiro atoms. The molecule has 0 aromatic heterocycles. The smallest absolute Gasteiger partial charge is 0.0367 e. The summed E-state index contributed by atoms with van der Waals surface area (Å²) in [6, 6.07) is 11.3. The van der Waals surface area contributed by atoms with E-state index in [9.17, 15) is 0 Å². The zero-order chi connectivity index (χ0) is 10.5. The van der Waals surface area contributed by atoms with Crippen molar-refractivity contribution in [3.63, 3.8) is 0 Å². The second-order valence-corrected chi connectivity index (χ2v) is 4.09. The van der Waals surface area contributed by atoms with Crippen LogP contribution >= 0.6 is 0 Å². The Bertz CT molecular complexity index is 276. The summed E-state index contributed by atoms with van der Waals surface area (Å²) in [5, 5.41) is 0. The van der Waals surface area contributed by atoms with Crippen LogP contribution in [0.3, 0.4) is 0 Å². The molecular formula is C13H19N2. The van der Waals surface area contributed by atoms with Gasteiger partial charge in [0.2, 0.25) is 0 Å². The average Bonchev–Trinajstić information content (AvgIpc) is 2.32. The SMILES string of the molecule is CCCN1CCN(c2cc[c]cc2)CC1. The lowest BCUT2D eigenvalue weighted by atomic mass is 10.2. The lowest BCUT2D eigenvalue weighted by Crippen LogP contribution is -2.46. The third-order valence-electron chi connectivity index (χ3n) is 2.98. The van der Waals surface area contributed by atoms with Crippen LogP contribution < -0.4 is 4.90 Å². The van der Waals surface area contributed by atoms with Crippen LogP contribution in [0.4, 0.5) is 5.69 Å². The van der Waals surface area contributed by atoms with Crippen molar-refractivity contribution >= 4 is 5.69 Å². The maximum absolute atomic E-state index is 3.06. The number of benzene rings is 1. The summed E-state index contributed by atoms with van der Waals surface area (Å²) in [6.07, 6.45) is 1.26. The van der Waals surface area contributed by atoms with E-state index in [0.29, 0.717) is 0 Å². The molecule has 1 aromatic carbocycles. The second kappa shape index (κ2) is 5.17. The van der Waals surface area contributed by atoms with Crippen molar-refractivity contribution in [2.45, 2.75) is 13.3 Å². The van der Waals surface area contributed by atoms with Gasteiger partial charge in [-0.25, -0.2) is 0 Å². The third kappa shape index (κ3) is 2.72. The molecule has 0 unspecified atom stereocenters. The maximum Gasteiger partial charge on any atom is 0.0367 e. The van der Waals surface area contributed by atoms with Crippen LogP contribution in [-0.2, 0) is 0 Å². The van der Waals surface area contributed by atoms with Crippen molar-refractivity contribution in [2.24, 2.45) is 0 Å². The normalized spacial score (nSPS) is 18.1. The number of rotatable bonds is 3. The van der Waals surface area contributed by atoms with E-state index in [-0.39, 0.29) is 0 Å². The molecule has 1 saturated heterocycles. The van der Waals surface area contributed by atoms with Crippen molar-refractivity contribution in [2.75, 3.05) is 37.6 Å². The maximum atomic E-state index is 3.06. The third-order valence-corrected chi connectivity index (χ3v) is 2.98. The van der Waals surface area contributed by atoms with Crippen LogP contribution in [0.5, 0.6) is 0 Å². The van der Waals surface area contributed by atoms with Gasteiger partial charge < -0.3 is 4.90 Å². The van der Waals surface area contributed by atoms with Crippen molar-refractivity contribution in [1.82, 2.24) is 4.90 Å². The zero-order valence-electron chi connectivity index (χ0n) is 9.45. The van der Waals surface area contributed by atoms with Crippen LogP contribution in [0.15, 0.2) is 24.3 Å². The first-order valence-corrected chi connectivity index (χ1v) is 5.83. The topological polar surface area (TPSA) is 6.48 Å². The second-order valence-electron chi connectivity index (χ2n) is 4.09. The Balaban J connectivity index is 1.88. The predicted molar refractivity (Wildman–Crippen MR) is 64.2 cm³/mol. The minimum atomic E-state index is 1.16. The highest BCUT2D eigenvalue weighted by Gasteiger charge is 2.15. The Labute approximate surface area is 92.5 Å². The number of nitrogens with zero attached hydrogens (tertiary/aromatic N) is 2. The van der Waals surface area contributed by atoms with Crippen LogP contribution in [0, 0.1) is 6.07 Å². The molecular weight excluding hydrogens is 184 g/mol. The van der Waals surface area contributed by atoms with Crippen LogP contribution in [0.2, 0.25) is 0 Å². The quantitative estimate of drug-likeness (QED) is 0.741. The molecule has 2 nitrogen and oxygen atoms in total. The molecule has 0 N–H and O–H groups in total. The largest absolute Gasteiger partial charge is 0.369 e. The van der Waals surface area contributed by atoms with E-state index < -0.39 is 0 Å². The van der Waals surface area contributed by atoms with E-state index in [1.165, 1.54) is 31.7 Å². The van der Waals surface area contributed by atoms with Gasteiger partial charge in [-0.1, -0.05) is 19.1 Å². The first-order chi connectivity index (χ1) is 7.40. The molecule has 1 fully saturated rings. The predicted octanol–water partition coefficient (Wildman–Crippen LogP) is 2.02. The summed E-state index contributed by atoms with van der Waals surface area (Å²) in [5.41, 5.74) is 1.34. The summed E-state index contributed by atoms with van der Waals surface area (Å²) in [4.78, 5) is 5.01. The lowest BCUT2D eigenvalue weighted by Gasteiger charge is -2.35. The summed E-state index contributed by atoms with van der Waals surface area (Å²) < 4.78 is 0. The Kier molecular flexibility index (Phi) is 3.62. The van der Waals surface area contributed by atoms with Gasteiger partial charge in [-0.3, -0.25) is 4.90 Å². The molecule has 1 radical (unpaired) electrons. The highest BCUT2D eigenvalue weighted by Crippen LogP contribution is 2.15. The van der Waals surface area contributed by atoms with Crippen LogP contribution in [0.1, 0.15) is 13.3 Å². The van der Waals surface area contributed by atoms with Gasteiger partial charge in [-0.15, -0.1) is 0 Å². The first kappa shape index (κ1) is 10.5. The van der Waals surface area contributed by atoms with Gasteiger partial charge in [0, 0.05) is 31.9 Å².